The maximum absolute atomic E-state index is 12.8. The molecular weight excluding hydrogens is 361 g/mol. The Morgan fingerprint density at radius 1 is 1.33 bits per heavy atom. The van der Waals surface area contributed by atoms with Crippen LogP contribution in [0.2, 0.25) is 0 Å². The Hall–Kier alpha value is -2.57. The van der Waals surface area contributed by atoms with E-state index in [1.54, 1.807) is 9.80 Å². The fourth-order valence-electron chi connectivity index (χ4n) is 4.41. The van der Waals surface area contributed by atoms with Gasteiger partial charge in [-0.2, -0.15) is 18.4 Å². The molecule has 1 aromatic rings. The number of carbonyl (C=O) groups excluding carboxylic acids is 1. The molecule has 4 heterocycles. The summed E-state index contributed by atoms with van der Waals surface area (Å²) in [6, 6.07) is 1.08. The lowest BCUT2D eigenvalue weighted by molar-refractivity contribution is -0.141. The van der Waals surface area contributed by atoms with Crippen LogP contribution in [0.4, 0.5) is 19.1 Å². The topological polar surface area (TPSA) is 85.2 Å². The van der Waals surface area contributed by atoms with Crippen molar-refractivity contribution in [1.29, 1.82) is 5.26 Å². The van der Waals surface area contributed by atoms with Gasteiger partial charge in [0.15, 0.2) is 6.19 Å². The van der Waals surface area contributed by atoms with Gasteiger partial charge in [0.05, 0.1) is 18.0 Å². The SMILES string of the molecule is N#CN1[C@H]2CC[C@@H]1[C@H](NC(=O)[C@H]1CCN(c3nccc(C(F)(F)F)n3)C1)C2. The maximum atomic E-state index is 12.8. The van der Waals surface area contributed by atoms with E-state index < -0.39 is 11.9 Å². The zero-order chi connectivity index (χ0) is 19.2. The van der Waals surface area contributed by atoms with Crippen LogP contribution in [0.5, 0.6) is 0 Å². The molecule has 4 rings (SSSR count). The predicted molar refractivity (Wildman–Crippen MR) is 88.2 cm³/mol. The van der Waals surface area contributed by atoms with Crippen LogP contribution in [0.1, 0.15) is 31.4 Å². The molecule has 4 atom stereocenters. The zero-order valence-corrected chi connectivity index (χ0v) is 14.5. The van der Waals surface area contributed by atoms with Crippen molar-refractivity contribution in [3.8, 4) is 6.19 Å². The number of hydrogen-bond donors (Lipinski definition) is 1. The highest BCUT2D eigenvalue weighted by atomic mass is 19.4. The van der Waals surface area contributed by atoms with E-state index >= 15 is 0 Å². The van der Waals surface area contributed by atoms with Crippen molar-refractivity contribution >= 4 is 11.9 Å². The first-order valence-electron chi connectivity index (χ1n) is 9.00. The molecule has 7 nitrogen and oxygen atoms in total. The van der Waals surface area contributed by atoms with Gasteiger partial charge >= 0.3 is 6.18 Å². The first kappa shape index (κ1) is 17.8. The Kier molecular flexibility index (Phi) is 4.32. The van der Waals surface area contributed by atoms with Crippen molar-refractivity contribution in [2.75, 3.05) is 18.0 Å². The van der Waals surface area contributed by atoms with E-state index in [9.17, 15) is 23.2 Å². The minimum Gasteiger partial charge on any atom is -0.351 e. The lowest BCUT2D eigenvalue weighted by Gasteiger charge is -2.23. The second-order valence-electron chi connectivity index (χ2n) is 7.33. The molecule has 144 valence electrons. The van der Waals surface area contributed by atoms with Gasteiger partial charge in [0, 0.05) is 25.3 Å². The quantitative estimate of drug-likeness (QED) is 0.801. The predicted octanol–water partition coefficient (Wildman–Crippen LogP) is 1.52. The number of hydrogen-bond acceptors (Lipinski definition) is 6. The van der Waals surface area contributed by atoms with Crippen molar-refractivity contribution in [1.82, 2.24) is 20.2 Å². The minimum atomic E-state index is -4.53. The molecule has 2 bridgehead atoms. The number of alkyl halides is 3. The number of anilines is 1. The Morgan fingerprint density at radius 3 is 2.85 bits per heavy atom. The number of rotatable bonds is 3. The number of amides is 1. The fourth-order valence-corrected chi connectivity index (χ4v) is 4.41. The third kappa shape index (κ3) is 3.26. The molecule has 0 unspecified atom stereocenters. The largest absolute Gasteiger partial charge is 0.433 e. The zero-order valence-electron chi connectivity index (χ0n) is 14.5. The molecule has 1 amide bonds. The van der Waals surface area contributed by atoms with E-state index in [-0.39, 0.29) is 42.4 Å². The van der Waals surface area contributed by atoms with Crippen LogP contribution in [-0.4, -0.2) is 52.0 Å². The Morgan fingerprint density at radius 2 is 2.15 bits per heavy atom. The van der Waals surface area contributed by atoms with E-state index in [0.29, 0.717) is 13.0 Å². The molecule has 3 aliphatic rings. The highest BCUT2D eigenvalue weighted by Gasteiger charge is 2.47. The molecule has 1 aromatic heterocycles. The highest BCUT2D eigenvalue weighted by Crippen LogP contribution is 2.37. The molecule has 0 saturated carbocycles. The smallest absolute Gasteiger partial charge is 0.351 e. The third-order valence-electron chi connectivity index (χ3n) is 5.76. The van der Waals surface area contributed by atoms with Crippen LogP contribution in [0.25, 0.3) is 0 Å². The first-order valence-corrected chi connectivity index (χ1v) is 9.00. The summed E-state index contributed by atoms with van der Waals surface area (Å²) in [5.41, 5.74) is -0.987. The average Bonchev–Trinajstić information content (AvgIpc) is 3.35. The van der Waals surface area contributed by atoms with Crippen molar-refractivity contribution in [3.63, 3.8) is 0 Å². The standard InChI is InChI=1S/C17H19F3N6O/c18-17(19,20)14-3-5-22-16(24-14)25-6-4-10(8-25)15(27)23-12-7-11-1-2-13(12)26(11)9-21/h3,5,10-13H,1-2,4,6-8H2,(H,23,27)/t10-,11-,12+,13+/m0/s1. The number of halogens is 3. The van der Waals surface area contributed by atoms with Crippen molar-refractivity contribution in [3.05, 3.63) is 18.0 Å². The van der Waals surface area contributed by atoms with Crippen molar-refractivity contribution < 1.29 is 18.0 Å². The number of carbonyl (C=O) groups is 1. The lowest BCUT2D eigenvalue weighted by Crippen LogP contribution is -2.46. The second kappa shape index (κ2) is 6.55. The first-order chi connectivity index (χ1) is 12.9. The summed E-state index contributed by atoms with van der Waals surface area (Å²) < 4.78 is 38.5. The second-order valence-corrected chi connectivity index (χ2v) is 7.33. The summed E-state index contributed by atoms with van der Waals surface area (Å²) in [6.45, 7) is 0.719. The molecule has 10 heteroatoms. The van der Waals surface area contributed by atoms with E-state index in [0.717, 1.165) is 31.5 Å². The Balaban J connectivity index is 1.37. The van der Waals surface area contributed by atoms with Crippen LogP contribution >= 0.6 is 0 Å². The summed E-state index contributed by atoms with van der Waals surface area (Å²) in [5, 5.41) is 12.3. The molecule has 0 radical (unpaired) electrons. The fraction of sp³-hybridized carbons (Fsp3) is 0.647. The molecule has 0 spiro atoms. The molecular formula is C17H19F3N6O. The van der Waals surface area contributed by atoms with Gasteiger partial charge in [-0.25, -0.2) is 9.97 Å². The van der Waals surface area contributed by atoms with E-state index in [1.807, 2.05) is 0 Å². The van der Waals surface area contributed by atoms with Gasteiger partial charge in [-0.05, 0) is 31.7 Å². The summed E-state index contributed by atoms with van der Waals surface area (Å²) in [7, 11) is 0. The van der Waals surface area contributed by atoms with Crippen LogP contribution in [-0.2, 0) is 11.0 Å². The molecule has 3 saturated heterocycles. The Labute approximate surface area is 154 Å². The van der Waals surface area contributed by atoms with Crippen LogP contribution in [0, 0.1) is 17.4 Å². The molecule has 27 heavy (non-hydrogen) atoms. The maximum Gasteiger partial charge on any atom is 0.433 e. The van der Waals surface area contributed by atoms with E-state index in [2.05, 4.69) is 21.5 Å². The summed E-state index contributed by atoms with van der Waals surface area (Å²) in [4.78, 5) is 23.5. The summed E-state index contributed by atoms with van der Waals surface area (Å²) in [5.74, 6) is -0.437. The molecule has 3 aliphatic heterocycles. The van der Waals surface area contributed by atoms with Gasteiger partial charge < -0.3 is 15.1 Å². The van der Waals surface area contributed by atoms with Gasteiger partial charge in [0.1, 0.15) is 5.69 Å². The molecule has 0 aromatic carbocycles. The van der Waals surface area contributed by atoms with Gasteiger partial charge in [0.25, 0.3) is 0 Å². The van der Waals surface area contributed by atoms with Gasteiger partial charge in [-0.15, -0.1) is 0 Å². The monoisotopic (exact) mass is 380 g/mol. The van der Waals surface area contributed by atoms with Gasteiger partial charge in [0.2, 0.25) is 11.9 Å². The summed E-state index contributed by atoms with van der Waals surface area (Å²) >= 11 is 0. The van der Waals surface area contributed by atoms with Crippen LogP contribution in [0.15, 0.2) is 12.3 Å². The average molecular weight is 380 g/mol. The minimum absolute atomic E-state index is 0.00398. The lowest BCUT2D eigenvalue weighted by atomic mass is 9.95. The number of fused-ring (bicyclic) bond motifs is 2. The third-order valence-corrected chi connectivity index (χ3v) is 5.76. The number of nitrogens with zero attached hydrogens (tertiary/aromatic N) is 5. The normalized spacial score (nSPS) is 29.9. The van der Waals surface area contributed by atoms with Gasteiger partial charge in [-0.3, -0.25) is 4.79 Å². The number of nitrogens with one attached hydrogen (secondary N) is 1. The van der Waals surface area contributed by atoms with Gasteiger partial charge in [-0.1, -0.05) is 0 Å². The van der Waals surface area contributed by atoms with Crippen molar-refractivity contribution in [2.45, 2.75) is 50.0 Å². The van der Waals surface area contributed by atoms with Crippen molar-refractivity contribution in [2.24, 2.45) is 5.92 Å². The molecule has 1 N–H and O–H groups in total. The van der Waals surface area contributed by atoms with Crippen LogP contribution in [0.3, 0.4) is 0 Å². The number of aromatic nitrogens is 2. The van der Waals surface area contributed by atoms with E-state index in [4.69, 9.17) is 0 Å². The Bertz CT molecular complexity index is 779. The molecule has 0 aliphatic carbocycles. The molecule has 3 fully saturated rings. The van der Waals surface area contributed by atoms with Crippen LogP contribution < -0.4 is 10.2 Å². The van der Waals surface area contributed by atoms with E-state index in [1.165, 1.54) is 0 Å². The summed E-state index contributed by atoms with van der Waals surface area (Å²) in [6.07, 6.45) is 1.96. The number of nitriles is 1. The highest BCUT2D eigenvalue weighted by molar-refractivity contribution is 5.80.